The van der Waals surface area contributed by atoms with Crippen molar-refractivity contribution in [3.63, 3.8) is 0 Å². The second-order valence-electron chi connectivity index (χ2n) is 7.03. The van der Waals surface area contributed by atoms with Crippen molar-refractivity contribution >= 4 is 11.7 Å². The van der Waals surface area contributed by atoms with Crippen molar-refractivity contribution in [3.05, 3.63) is 65.6 Å². The standard InChI is InChI=1S/C21H23N5O3/c1-15-18(25-29-24-15)14-28-19-9-3-2-8-17(19)21(27)23-16-7-6-12-26(13-16)20-10-4-5-11-22-20/h2-5,8-11,16H,6-7,12-14H2,1H3,(H,23,27). The highest BCUT2D eigenvalue weighted by Crippen LogP contribution is 2.21. The van der Waals surface area contributed by atoms with Gasteiger partial charge in [-0.1, -0.05) is 28.5 Å². The van der Waals surface area contributed by atoms with Gasteiger partial charge >= 0.3 is 0 Å². The summed E-state index contributed by atoms with van der Waals surface area (Å²) in [4.78, 5) is 19.6. The second kappa shape index (κ2) is 8.72. The fourth-order valence-corrected chi connectivity index (χ4v) is 3.41. The lowest BCUT2D eigenvalue weighted by Crippen LogP contribution is -2.48. The van der Waals surface area contributed by atoms with E-state index >= 15 is 0 Å². The van der Waals surface area contributed by atoms with Gasteiger partial charge in [0.15, 0.2) is 0 Å². The van der Waals surface area contributed by atoms with Crippen molar-refractivity contribution in [2.24, 2.45) is 0 Å². The summed E-state index contributed by atoms with van der Waals surface area (Å²) in [5, 5.41) is 10.7. The Bertz CT molecular complexity index is 960. The van der Waals surface area contributed by atoms with Gasteiger partial charge in [0, 0.05) is 25.3 Å². The third-order valence-corrected chi connectivity index (χ3v) is 4.97. The van der Waals surface area contributed by atoms with Crippen molar-refractivity contribution in [1.82, 2.24) is 20.6 Å². The lowest BCUT2D eigenvalue weighted by molar-refractivity contribution is 0.0928. The molecule has 29 heavy (non-hydrogen) atoms. The molecule has 4 rings (SSSR count). The number of ether oxygens (including phenoxy) is 1. The number of piperidine rings is 1. The van der Waals surface area contributed by atoms with Crippen LogP contribution in [0.1, 0.15) is 34.6 Å². The summed E-state index contributed by atoms with van der Waals surface area (Å²) in [6, 6.07) is 13.1. The van der Waals surface area contributed by atoms with Crippen LogP contribution in [0.5, 0.6) is 5.75 Å². The summed E-state index contributed by atoms with van der Waals surface area (Å²) in [5.74, 6) is 1.29. The van der Waals surface area contributed by atoms with E-state index in [1.54, 1.807) is 25.3 Å². The number of carbonyl (C=O) groups is 1. The highest BCUT2D eigenvalue weighted by Gasteiger charge is 2.24. The van der Waals surface area contributed by atoms with E-state index < -0.39 is 0 Å². The van der Waals surface area contributed by atoms with Gasteiger partial charge in [0.25, 0.3) is 5.91 Å². The first-order valence-electron chi connectivity index (χ1n) is 9.67. The maximum absolute atomic E-state index is 12.9. The van der Waals surface area contributed by atoms with Crippen LogP contribution in [0.4, 0.5) is 5.82 Å². The van der Waals surface area contributed by atoms with Gasteiger partial charge in [-0.25, -0.2) is 9.61 Å². The van der Waals surface area contributed by atoms with Crippen LogP contribution in [0.3, 0.4) is 0 Å². The molecule has 1 saturated heterocycles. The number of carbonyl (C=O) groups excluding carboxylic acids is 1. The molecule has 150 valence electrons. The van der Waals surface area contributed by atoms with E-state index in [2.05, 4.69) is 30.1 Å². The molecule has 0 spiro atoms. The molecule has 1 aromatic carbocycles. The van der Waals surface area contributed by atoms with Crippen molar-refractivity contribution < 1.29 is 14.2 Å². The van der Waals surface area contributed by atoms with Gasteiger partial charge in [-0.15, -0.1) is 0 Å². The largest absolute Gasteiger partial charge is 0.486 e. The molecule has 3 aromatic rings. The Morgan fingerprint density at radius 3 is 2.90 bits per heavy atom. The number of nitrogens with one attached hydrogen (secondary N) is 1. The SMILES string of the molecule is Cc1nonc1COc1ccccc1C(=O)NC1CCCN(c2ccccn2)C1. The fraction of sp³-hybridized carbons (Fsp3) is 0.333. The maximum Gasteiger partial charge on any atom is 0.255 e. The number of para-hydroxylation sites is 1. The number of hydrogen-bond donors (Lipinski definition) is 1. The number of rotatable bonds is 6. The first-order valence-corrected chi connectivity index (χ1v) is 9.67. The van der Waals surface area contributed by atoms with Crippen LogP contribution in [0.15, 0.2) is 53.3 Å². The highest BCUT2D eigenvalue weighted by atomic mass is 16.6. The molecular formula is C21H23N5O3. The Morgan fingerprint density at radius 2 is 2.10 bits per heavy atom. The molecule has 1 aliphatic rings. The minimum atomic E-state index is -0.150. The number of benzene rings is 1. The Hall–Kier alpha value is -3.42. The number of aromatic nitrogens is 3. The van der Waals surface area contributed by atoms with E-state index in [4.69, 9.17) is 4.74 Å². The van der Waals surface area contributed by atoms with Crippen molar-refractivity contribution in [1.29, 1.82) is 0 Å². The molecule has 0 radical (unpaired) electrons. The number of pyridine rings is 1. The summed E-state index contributed by atoms with van der Waals surface area (Å²) in [5.41, 5.74) is 1.78. The van der Waals surface area contributed by atoms with Crippen LogP contribution in [0, 0.1) is 6.92 Å². The number of amides is 1. The third kappa shape index (κ3) is 4.53. The Balaban J connectivity index is 1.41. The van der Waals surface area contributed by atoms with Crippen molar-refractivity contribution in [2.75, 3.05) is 18.0 Å². The van der Waals surface area contributed by atoms with Crippen LogP contribution in [0.2, 0.25) is 0 Å². The number of anilines is 1. The molecule has 0 saturated carbocycles. The molecule has 2 aromatic heterocycles. The van der Waals surface area contributed by atoms with Gasteiger partial charge in [-0.2, -0.15) is 0 Å². The Labute approximate surface area is 168 Å². The van der Waals surface area contributed by atoms with E-state index in [0.717, 1.165) is 31.7 Å². The molecule has 8 heteroatoms. The highest BCUT2D eigenvalue weighted by molar-refractivity contribution is 5.97. The van der Waals surface area contributed by atoms with Crippen LogP contribution < -0.4 is 15.0 Å². The van der Waals surface area contributed by atoms with Gasteiger partial charge < -0.3 is 15.0 Å². The lowest BCUT2D eigenvalue weighted by atomic mass is 10.0. The third-order valence-electron chi connectivity index (χ3n) is 4.97. The number of nitrogens with zero attached hydrogens (tertiary/aromatic N) is 4. The molecule has 8 nitrogen and oxygen atoms in total. The van der Waals surface area contributed by atoms with E-state index in [1.165, 1.54) is 0 Å². The van der Waals surface area contributed by atoms with Crippen LogP contribution in [0.25, 0.3) is 0 Å². The van der Waals surface area contributed by atoms with Gasteiger partial charge in [0.1, 0.15) is 29.6 Å². The first kappa shape index (κ1) is 18.9. The van der Waals surface area contributed by atoms with Crippen molar-refractivity contribution in [3.8, 4) is 5.75 Å². The summed E-state index contributed by atoms with van der Waals surface area (Å²) >= 11 is 0. The monoisotopic (exact) mass is 393 g/mol. The number of hydrogen-bond acceptors (Lipinski definition) is 7. The second-order valence-corrected chi connectivity index (χ2v) is 7.03. The zero-order chi connectivity index (χ0) is 20.1. The minimum absolute atomic E-state index is 0.0493. The molecular weight excluding hydrogens is 370 g/mol. The van der Waals surface area contributed by atoms with Gasteiger partial charge in [-0.3, -0.25) is 4.79 Å². The first-order chi connectivity index (χ1) is 14.2. The van der Waals surface area contributed by atoms with Crippen LogP contribution >= 0.6 is 0 Å². The molecule has 1 aliphatic heterocycles. The van der Waals surface area contributed by atoms with Crippen LogP contribution in [-0.4, -0.2) is 40.3 Å². The van der Waals surface area contributed by atoms with Crippen molar-refractivity contribution in [2.45, 2.75) is 32.4 Å². The average molecular weight is 393 g/mol. The average Bonchev–Trinajstić information content (AvgIpc) is 3.18. The Kier molecular flexibility index (Phi) is 5.69. The van der Waals surface area contributed by atoms with Gasteiger partial charge in [-0.05, 0) is 44.0 Å². The summed E-state index contributed by atoms with van der Waals surface area (Å²) in [7, 11) is 0. The predicted molar refractivity (Wildman–Crippen MR) is 107 cm³/mol. The molecule has 0 aliphatic carbocycles. The zero-order valence-electron chi connectivity index (χ0n) is 16.2. The summed E-state index contributed by atoms with van der Waals surface area (Å²) in [6.07, 6.45) is 3.72. The summed E-state index contributed by atoms with van der Waals surface area (Å²) < 4.78 is 10.5. The number of aryl methyl sites for hydroxylation is 1. The van der Waals surface area contributed by atoms with E-state index in [0.29, 0.717) is 22.7 Å². The van der Waals surface area contributed by atoms with Crippen LogP contribution in [-0.2, 0) is 6.61 Å². The van der Waals surface area contributed by atoms with E-state index in [9.17, 15) is 4.79 Å². The molecule has 1 unspecified atom stereocenters. The smallest absolute Gasteiger partial charge is 0.255 e. The lowest BCUT2D eigenvalue weighted by Gasteiger charge is -2.34. The quantitative estimate of drug-likeness (QED) is 0.688. The van der Waals surface area contributed by atoms with E-state index in [1.807, 2.05) is 30.3 Å². The fourth-order valence-electron chi connectivity index (χ4n) is 3.41. The molecule has 3 heterocycles. The summed E-state index contributed by atoms with van der Waals surface area (Å²) in [6.45, 7) is 3.66. The van der Waals surface area contributed by atoms with Gasteiger partial charge in [0.2, 0.25) is 0 Å². The molecule has 1 fully saturated rings. The molecule has 1 amide bonds. The van der Waals surface area contributed by atoms with E-state index in [-0.39, 0.29) is 18.6 Å². The predicted octanol–water partition coefficient (Wildman–Crippen LogP) is 2.75. The molecule has 0 bridgehead atoms. The topological polar surface area (TPSA) is 93.4 Å². The Morgan fingerprint density at radius 1 is 1.24 bits per heavy atom. The van der Waals surface area contributed by atoms with Gasteiger partial charge in [0.05, 0.1) is 5.56 Å². The normalized spacial score (nSPS) is 16.4. The zero-order valence-corrected chi connectivity index (χ0v) is 16.2. The maximum atomic E-state index is 12.9. The minimum Gasteiger partial charge on any atom is -0.486 e. The molecule has 1 atom stereocenters. The molecule has 1 N–H and O–H groups in total.